The third-order valence-electron chi connectivity index (χ3n) is 2.95. The molecule has 1 aromatic heterocycles. The van der Waals surface area contributed by atoms with Crippen LogP contribution in [0.5, 0.6) is 0 Å². The van der Waals surface area contributed by atoms with Crippen LogP contribution < -0.4 is 5.32 Å². The Kier molecular flexibility index (Phi) is 4.37. The van der Waals surface area contributed by atoms with Crippen molar-refractivity contribution in [2.24, 2.45) is 0 Å². The van der Waals surface area contributed by atoms with Crippen LogP contribution in [0.1, 0.15) is 6.42 Å². The Balaban J connectivity index is 2.22. The van der Waals surface area contributed by atoms with Crippen molar-refractivity contribution >= 4 is 32.1 Å². The maximum Gasteiger partial charge on any atom is 0.278 e. The summed E-state index contributed by atoms with van der Waals surface area (Å²) in [5.74, 6) is 0.0956. The molecule has 1 aromatic carbocycles. The van der Waals surface area contributed by atoms with Crippen molar-refractivity contribution in [2.45, 2.75) is 6.42 Å². The summed E-state index contributed by atoms with van der Waals surface area (Å²) in [5.41, 5.74) is 1.16. The zero-order valence-electron chi connectivity index (χ0n) is 11.4. The highest BCUT2D eigenvalue weighted by Gasteiger charge is 2.14. The molecule has 0 aliphatic carbocycles. The molecule has 8 heteroatoms. The van der Waals surface area contributed by atoms with Gasteiger partial charge in [0.2, 0.25) is 0 Å². The molecular weight excluding hydrogens is 294 g/mol. The number of fused-ring (bicyclic) bond motifs is 1. The Hall–Kier alpha value is -2.22. The fourth-order valence-electron chi connectivity index (χ4n) is 2.02. The fourth-order valence-corrected chi connectivity index (χ4v) is 2.69. The van der Waals surface area contributed by atoms with E-state index in [2.05, 4.69) is 10.3 Å². The summed E-state index contributed by atoms with van der Waals surface area (Å²) in [6, 6.07) is 6.29. The molecule has 0 saturated carbocycles. The molecule has 1 N–H and O–H groups in total. The zero-order valence-corrected chi connectivity index (χ0v) is 12.3. The van der Waals surface area contributed by atoms with Gasteiger partial charge in [-0.05, 0) is 24.6 Å². The lowest BCUT2D eigenvalue weighted by molar-refractivity contribution is -0.383. The number of anilines is 1. The molecule has 0 aliphatic rings. The summed E-state index contributed by atoms with van der Waals surface area (Å²) in [4.78, 5) is 14.7. The van der Waals surface area contributed by atoms with Gasteiger partial charge in [-0.1, -0.05) is 0 Å². The summed E-state index contributed by atoms with van der Waals surface area (Å²) >= 11 is 0. The van der Waals surface area contributed by atoms with Crippen molar-refractivity contribution in [3.05, 3.63) is 40.6 Å². The highest BCUT2D eigenvalue weighted by atomic mass is 32.2. The molecule has 0 aliphatic heterocycles. The minimum atomic E-state index is -2.98. The monoisotopic (exact) mass is 309 g/mol. The van der Waals surface area contributed by atoms with Crippen molar-refractivity contribution in [3.63, 3.8) is 0 Å². The maximum atomic E-state index is 11.1. The minimum absolute atomic E-state index is 0.000198. The molecule has 0 saturated heterocycles. The van der Waals surface area contributed by atoms with Crippen molar-refractivity contribution in [1.82, 2.24) is 4.98 Å². The van der Waals surface area contributed by atoms with Gasteiger partial charge in [0.15, 0.2) is 0 Å². The molecule has 2 rings (SSSR count). The molecule has 0 amide bonds. The molecule has 21 heavy (non-hydrogen) atoms. The highest BCUT2D eigenvalue weighted by Crippen LogP contribution is 2.29. The summed E-state index contributed by atoms with van der Waals surface area (Å²) in [6.07, 6.45) is 3.22. The third-order valence-corrected chi connectivity index (χ3v) is 3.98. The lowest BCUT2D eigenvalue weighted by atomic mass is 10.1. The van der Waals surface area contributed by atoms with Crippen LogP contribution in [0.4, 0.5) is 11.4 Å². The first-order chi connectivity index (χ1) is 9.88. The van der Waals surface area contributed by atoms with E-state index in [0.29, 0.717) is 29.6 Å². The van der Waals surface area contributed by atoms with Crippen LogP contribution in [-0.4, -0.2) is 36.9 Å². The van der Waals surface area contributed by atoms with Crippen LogP contribution in [0.2, 0.25) is 0 Å². The highest BCUT2D eigenvalue weighted by molar-refractivity contribution is 7.90. The van der Waals surface area contributed by atoms with Crippen LogP contribution in [0.15, 0.2) is 30.5 Å². The Morgan fingerprint density at radius 3 is 2.76 bits per heavy atom. The first-order valence-corrected chi connectivity index (χ1v) is 8.38. The van der Waals surface area contributed by atoms with E-state index in [1.54, 1.807) is 24.4 Å². The number of aromatic nitrogens is 1. The van der Waals surface area contributed by atoms with Gasteiger partial charge in [0.1, 0.15) is 15.4 Å². The number of hydrogen-bond donors (Lipinski definition) is 1. The number of nitro groups is 1. The number of hydrogen-bond acceptors (Lipinski definition) is 6. The quantitative estimate of drug-likeness (QED) is 0.497. The number of pyridine rings is 1. The lowest BCUT2D eigenvalue weighted by Gasteiger charge is -2.09. The third kappa shape index (κ3) is 3.88. The van der Waals surface area contributed by atoms with Gasteiger partial charge in [-0.3, -0.25) is 15.1 Å². The van der Waals surface area contributed by atoms with Crippen molar-refractivity contribution in [2.75, 3.05) is 23.9 Å². The molecular formula is C13H15N3O4S. The second-order valence-corrected chi connectivity index (χ2v) is 6.96. The molecule has 2 aromatic rings. The largest absolute Gasteiger partial charge is 0.383 e. The van der Waals surface area contributed by atoms with Gasteiger partial charge in [-0.2, -0.15) is 0 Å². The lowest BCUT2D eigenvalue weighted by Crippen LogP contribution is -2.10. The Bertz CT molecular complexity index is 774. The standard InChI is InChI=1S/C13H15N3O4S/c1-21(19,20)9-3-8-14-11-5-6-12(16(17)18)10-4-2-7-15-13(10)11/h2,4-7,14H,3,8-9H2,1H3. The van der Waals surface area contributed by atoms with E-state index in [1.165, 1.54) is 12.3 Å². The normalized spacial score (nSPS) is 11.5. The fraction of sp³-hybridized carbons (Fsp3) is 0.308. The summed E-state index contributed by atoms with van der Waals surface area (Å²) in [5, 5.41) is 14.5. The second-order valence-electron chi connectivity index (χ2n) is 4.70. The van der Waals surface area contributed by atoms with Gasteiger partial charge in [0.05, 0.1) is 21.7 Å². The van der Waals surface area contributed by atoms with Crippen molar-refractivity contribution < 1.29 is 13.3 Å². The average Bonchev–Trinajstić information content (AvgIpc) is 2.42. The Labute approximate surface area is 122 Å². The van der Waals surface area contributed by atoms with Crippen molar-refractivity contribution in [3.8, 4) is 0 Å². The number of sulfone groups is 1. The van der Waals surface area contributed by atoms with E-state index in [0.717, 1.165) is 0 Å². The molecule has 0 atom stereocenters. The van der Waals surface area contributed by atoms with Crippen LogP contribution in [0, 0.1) is 10.1 Å². The first-order valence-electron chi connectivity index (χ1n) is 6.32. The van der Waals surface area contributed by atoms with Gasteiger partial charge in [-0.25, -0.2) is 8.42 Å². The Morgan fingerprint density at radius 1 is 1.33 bits per heavy atom. The number of nitrogens with zero attached hydrogens (tertiary/aromatic N) is 2. The second kappa shape index (κ2) is 6.04. The van der Waals surface area contributed by atoms with Crippen molar-refractivity contribution in [1.29, 1.82) is 0 Å². The van der Waals surface area contributed by atoms with E-state index in [4.69, 9.17) is 0 Å². The smallest absolute Gasteiger partial charge is 0.278 e. The zero-order chi connectivity index (χ0) is 15.5. The topological polar surface area (TPSA) is 102 Å². The predicted molar refractivity (Wildman–Crippen MR) is 81.2 cm³/mol. The number of benzene rings is 1. The number of rotatable bonds is 6. The summed E-state index contributed by atoms with van der Waals surface area (Å²) in [6.45, 7) is 0.455. The molecule has 0 radical (unpaired) electrons. The molecule has 1 heterocycles. The van der Waals surface area contributed by atoms with E-state index >= 15 is 0 Å². The molecule has 7 nitrogen and oxygen atoms in total. The van der Waals surface area contributed by atoms with Gasteiger partial charge < -0.3 is 5.32 Å². The SMILES string of the molecule is CS(=O)(=O)CCCNc1ccc([N+](=O)[O-])c2cccnc12. The molecule has 0 bridgehead atoms. The number of nitrogens with one attached hydrogen (secondary N) is 1. The number of nitro benzene ring substituents is 1. The first kappa shape index (κ1) is 15.2. The van der Waals surface area contributed by atoms with E-state index in [-0.39, 0.29) is 11.4 Å². The molecule has 0 spiro atoms. The molecule has 112 valence electrons. The van der Waals surface area contributed by atoms with Gasteiger partial charge in [0, 0.05) is 25.1 Å². The summed E-state index contributed by atoms with van der Waals surface area (Å²) < 4.78 is 22.1. The van der Waals surface area contributed by atoms with E-state index in [9.17, 15) is 18.5 Å². The van der Waals surface area contributed by atoms with Gasteiger partial charge in [-0.15, -0.1) is 0 Å². The van der Waals surface area contributed by atoms with Crippen LogP contribution >= 0.6 is 0 Å². The predicted octanol–water partition coefficient (Wildman–Crippen LogP) is 1.99. The molecule has 0 fully saturated rings. The van der Waals surface area contributed by atoms with E-state index in [1.807, 2.05) is 0 Å². The summed E-state index contributed by atoms with van der Waals surface area (Å²) in [7, 11) is -2.98. The minimum Gasteiger partial charge on any atom is -0.383 e. The van der Waals surface area contributed by atoms with Gasteiger partial charge >= 0.3 is 0 Å². The number of non-ortho nitro benzene ring substituents is 1. The molecule has 0 unspecified atom stereocenters. The Morgan fingerprint density at radius 2 is 2.10 bits per heavy atom. The van der Waals surface area contributed by atoms with E-state index < -0.39 is 14.8 Å². The van der Waals surface area contributed by atoms with Gasteiger partial charge in [0.25, 0.3) is 5.69 Å². The van der Waals surface area contributed by atoms with Crippen LogP contribution in [-0.2, 0) is 9.84 Å². The maximum absolute atomic E-state index is 11.1. The van der Waals surface area contributed by atoms with Crippen LogP contribution in [0.25, 0.3) is 10.9 Å². The average molecular weight is 309 g/mol. The van der Waals surface area contributed by atoms with Crippen LogP contribution in [0.3, 0.4) is 0 Å².